The van der Waals surface area contributed by atoms with Crippen LogP contribution in [0.3, 0.4) is 0 Å². The van der Waals surface area contributed by atoms with Crippen molar-refractivity contribution in [1.82, 2.24) is 0 Å². The molecule has 0 bridgehead atoms. The van der Waals surface area contributed by atoms with E-state index in [0.29, 0.717) is 0 Å². The third kappa shape index (κ3) is 2.82. The predicted molar refractivity (Wildman–Crippen MR) is 92.1 cm³/mol. The number of ether oxygens (including phenoxy) is 1. The van der Waals surface area contributed by atoms with Gasteiger partial charge in [0.2, 0.25) is 5.79 Å². The minimum Gasteiger partial charge on any atom is -0.388 e. The Labute approximate surface area is 145 Å². The molecule has 0 amide bonds. The first-order valence-corrected chi connectivity index (χ1v) is 8.33. The molecule has 25 heavy (non-hydrogen) atoms. The lowest BCUT2D eigenvalue weighted by Gasteiger charge is -2.41. The maximum absolute atomic E-state index is 10.4. The molecule has 2 aliphatic rings. The molecule has 4 atom stereocenters. The number of anilines is 1. The number of benzene rings is 2. The van der Waals surface area contributed by atoms with Gasteiger partial charge >= 0.3 is 0 Å². The van der Waals surface area contributed by atoms with Gasteiger partial charge < -0.3 is 30.5 Å². The van der Waals surface area contributed by atoms with Crippen molar-refractivity contribution in [3.8, 4) is 11.1 Å². The molecule has 0 radical (unpaired) electrons. The highest BCUT2D eigenvalue weighted by Gasteiger charge is 2.48. The molecule has 6 nitrogen and oxygen atoms in total. The standard InChI is InChI=1S/C19H21NO5/c21-16-9-25-19(24,18(23)17(16)22)10-20-13-5-6-15-12(8-13)7-11-3-1-2-4-14(11)15/h1-6,8,16-18,20-24H,7,9-10H2/t16-,17-,18+,19-/m1/s1. The largest absolute Gasteiger partial charge is 0.388 e. The fraction of sp³-hybridized carbons (Fsp3) is 0.368. The van der Waals surface area contributed by atoms with Crippen LogP contribution in [-0.4, -0.2) is 57.7 Å². The summed E-state index contributed by atoms with van der Waals surface area (Å²) in [6, 6.07) is 14.2. The van der Waals surface area contributed by atoms with Crippen LogP contribution in [0, 0.1) is 0 Å². The summed E-state index contributed by atoms with van der Waals surface area (Å²) in [5, 5.41) is 42.7. The summed E-state index contributed by atoms with van der Waals surface area (Å²) in [5.41, 5.74) is 5.71. The van der Waals surface area contributed by atoms with Crippen LogP contribution < -0.4 is 5.32 Å². The van der Waals surface area contributed by atoms with Gasteiger partial charge in [0.25, 0.3) is 0 Å². The zero-order chi connectivity index (χ0) is 17.6. The fourth-order valence-corrected chi connectivity index (χ4v) is 3.53. The SMILES string of the molecule is O[C@@H]1[C@H](O)CO[C@](O)(CNc2ccc3c(c2)Cc2ccccc2-3)[C@H]1O. The molecule has 5 N–H and O–H groups in total. The van der Waals surface area contributed by atoms with Crippen molar-refractivity contribution in [2.24, 2.45) is 0 Å². The maximum atomic E-state index is 10.4. The second kappa shape index (κ2) is 6.09. The van der Waals surface area contributed by atoms with Gasteiger partial charge in [0.15, 0.2) is 0 Å². The van der Waals surface area contributed by atoms with E-state index in [9.17, 15) is 20.4 Å². The Morgan fingerprint density at radius 1 is 1.04 bits per heavy atom. The summed E-state index contributed by atoms with van der Waals surface area (Å²) < 4.78 is 5.16. The highest BCUT2D eigenvalue weighted by molar-refractivity contribution is 5.78. The molecule has 6 heteroatoms. The van der Waals surface area contributed by atoms with Crippen molar-refractivity contribution in [2.75, 3.05) is 18.5 Å². The van der Waals surface area contributed by atoms with Gasteiger partial charge in [-0.25, -0.2) is 0 Å². The Morgan fingerprint density at radius 3 is 2.64 bits per heavy atom. The number of aliphatic hydroxyl groups is 4. The first-order valence-electron chi connectivity index (χ1n) is 8.33. The van der Waals surface area contributed by atoms with Gasteiger partial charge in [0.1, 0.15) is 18.3 Å². The van der Waals surface area contributed by atoms with E-state index >= 15 is 0 Å². The number of aliphatic hydroxyl groups excluding tert-OH is 3. The second-order valence-electron chi connectivity index (χ2n) is 6.72. The van der Waals surface area contributed by atoms with Crippen LogP contribution in [0.4, 0.5) is 5.69 Å². The van der Waals surface area contributed by atoms with Gasteiger partial charge in [0.05, 0.1) is 13.2 Å². The van der Waals surface area contributed by atoms with Crippen molar-refractivity contribution in [2.45, 2.75) is 30.5 Å². The predicted octanol–water partition coefficient (Wildman–Crippen LogP) is 0.471. The van der Waals surface area contributed by atoms with Crippen molar-refractivity contribution in [1.29, 1.82) is 0 Å². The van der Waals surface area contributed by atoms with Crippen LogP contribution in [0.25, 0.3) is 11.1 Å². The number of rotatable bonds is 3. The van der Waals surface area contributed by atoms with E-state index in [-0.39, 0.29) is 13.2 Å². The van der Waals surface area contributed by atoms with Crippen LogP contribution in [0.5, 0.6) is 0 Å². The monoisotopic (exact) mass is 343 g/mol. The summed E-state index contributed by atoms with van der Waals surface area (Å²) in [7, 11) is 0. The van der Waals surface area contributed by atoms with Gasteiger partial charge in [-0.05, 0) is 40.8 Å². The molecule has 1 fully saturated rings. The highest BCUT2D eigenvalue weighted by Crippen LogP contribution is 2.37. The van der Waals surface area contributed by atoms with E-state index in [2.05, 4.69) is 17.4 Å². The normalized spacial score (nSPS) is 30.6. The van der Waals surface area contributed by atoms with E-state index in [1.165, 1.54) is 22.3 Å². The lowest BCUT2D eigenvalue weighted by molar-refractivity contribution is -0.313. The van der Waals surface area contributed by atoms with Gasteiger partial charge in [0, 0.05) is 5.69 Å². The fourth-order valence-electron chi connectivity index (χ4n) is 3.53. The minimum atomic E-state index is -1.96. The number of hydrogen-bond acceptors (Lipinski definition) is 6. The highest BCUT2D eigenvalue weighted by atomic mass is 16.6. The van der Waals surface area contributed by atoms with E-state index in [1.807, 2.05) is 30.3 Å². The summed E-state index contributed by atoms with van der Waals surface area (Å²) in [6.45, 7) is -0.348. The van der Waals surface area contributed by atoms with Crippen LogP contribution >= 0.6 is 0 Å². The van der Waals surface area contributed by atoms with Gasteiger partial charge in [-0.1, -0.05) is 30.3 Å². The quantitative estimate of drug-likeness (QED) is 0.474. The third-order valence-electron chi connectivity index (χ3n) is 5.02. The number of hydrogen-bond donors (Lipinski definition) is 5. The lowest BCUT2D eigenvalue weighted by atomic mass is 9.96. The third-order valence-corrected chi connectivity index (χ3v) is 5.02. The van der Waals surface area contributed by atoms with E-state index < -0.39 is 24.1 Å². The summed E-state index contributed by atoms with van der Waals surface area (Å²) in [4.78, 5) is 0. The summed E-state index contributed by atoms with van der Waals surface area (Å²) in [6.07, 6.45) is -3.40. The molecule has 0 aromatic heterocycles. The zero-order valence-corrected chi connectivity index (χ0v) is 13.6. The van der Waals surface area contributed by atoms with Crippen molar-refractivity contribution in [3.63, 3.8) is 0 Å². The maximum Gasteiger partial charge on any atom is 0.212 e. The molecule has 1 aliphatic carbocycles. The molecule has 4 rings (SSSR count). The minimum absolute atomic E-state index is 0.107. The Bertz CT molecular complexity index is 795. The summed E-state index contributed by atoms with van der Waals surface area (Å²) in [5.74, 6) is -1.96. The zero-order valence-electron chi connectivity index (χ0n) is 13.6. The Balaban J connectivity index is 1.49. The summed E-state index contributed by atoms with van der Waals surface area (Å²) >= 11 is 0. The lowest BCUT2D eigenvalue weighted by Crippen LogP contribution is -2.63. The molecular formula is C19H21NO5. The van der Waals surface area contributed by atoms with E-state index in [1.54, 1.807) is 0 Å². The molecule has 2 aromatic rings. The molecule has 0 saturated carbocycles. The van der Waals surface area contributed by atoms with Gasteiger partial charge in [-0.2, -0.15) is 0 Å². The van der Waals surface area contributed by atoms with Crippen LogP contribution in [0.1, 0.15) is 11.1 Å². The van der Waals surface area contributed by atoms with Gasteiger partial charge in [-0.15, -0.1) is 0 Å². The molecule has 1 aliphatic heterocycles. The van der Waals surface area contributed by atoms with Crippen LogP contribution in [-0.2, 0) is 11.2 Å². The Morgan fingerprint density at radius 2 is 1.80 bits per heavy atom. The van der Waals surface area contributed by atoms with Crippen molar-refractivity contribution >= 4 is 5.69 Å². The Kier molecular flexibility index (Phi) is 4.02. The molecule has 1 heterocycles. The average molecular weight is 343 g/mol. The van der Waals surface area contributed by atoms with Crippen molar-refractivity contribution < 1.29 is 25.2 Å². The van der Waals surface area contributed by atoms with E-state index in [0.717, 1.165) is 12.1 Å². The second-order valence-corrected chi connectivity index (χ2v) is 6.72. The average Bonchev–Trinajstić information content (AvgIpc) is 3.00. The van der Waals surface area contributed by atoms with Crippen LogP contribution in [0.15, 0.2) is 42.5 Å². The first kappa shape index (κ1) is 16.5. The Hall–Kier alpha value is -1.96. The number of fused-ring (bicyclic) bond motifs is 3. The molecular weight excluding hydrogens is 322 g/mol. The smallest absolute Gasteiger partial charge is 0.212 e. The molecule has 1 saturated heterocycles. The molecule has 2 aromatic carbocycles. The van der Waals surface area contributed by atoms with Crippen molar-refractivity contribution in [3.05, 3.63) is 53.6 Å². The van der Waals surface area contributed by atoms with Gasteiger partial charge in [-0.3, -0.25) is 0 Å². The van der Waals surface area contributed by atoms with Crippen LogP contribution in [0.2, 0.25) is 0 Å². The molecule has 132 valence electrons. The number of nitrogens with one attached hydrogen (secondary N) is 1. The first-order chi connectivity index (χ1) is 12.0. The molecule has 0 spiro atoms. The topological polar surface area (TPSA) is 102 Å². The molecule has 0 unspecified atom stereocenters. The van der Waals surface area contributed by atoms with E-state index in [4.69, 9.17) is 4.74 Å².